The highest BCUT2D eigenvalue weighted by Crippen LogP contribution is 2.05. The molecular weight excluding hydrogens is 268 g/mol. The lowest BCUT2D eigenvalue weighted by Crippen LogP contribution is -2.48. The van der Waals surface area contributed by atoms with Crippen molar-refractivity contribution in [2.45, 2.75) is 0 Å². The van der Waals surface area contributed by atoms with Gasteiger partial charge in [-0.05, 0) is 0 Å². The van der Waals surface area contributed by atoms with Crippen LogP contribution in [0.4, 0.5) is 0 Å². The molecule has 0 saturated carbocycles. The Morgan fingerprint density at radius 1 is 1.05 bits per heavy atom. The Labute approximate surface area is 126 Å². The molecule has 0 radical (unpaired) electrons. The number of ketones is 1. The number of rotatable bonds is 8. The maximum atomic E-state index is 12.1. The Balaban J connectivity index is 1.66. The Hall–Kier alpha value is -1.27. The molecule has 0 amide bonds. The Morgan fingerprint density at radius 3 is 2.38 bits per heavy atom. The summed E-state index contributed by atoms with van der Waals surface area (Å²) >= 11 is 0. The van der Waals surface area contributed by atoms with E-state index in [0.717, 1.165) is 38.3 Å². The smallest absolute Gasteiger partial charge is 0.176 e. The molecule has 1 N–H and O–H groups in total. The molecule has 5 heteroatoms. The van der Waals surface area contributed by atoms with Crippen LogP contribution in [0.1, 0.15) is 10.4 Å². The summed E-state index contributed by atoms with van der Waals surface area (Å²) in [5, 5.41) is 8.64. The van der Waals surface area contributed by atoms with Crippen LogP contribution >= 0.6 is 0 Å². The summed E-state index contributed by atoms with van der Waals surface area (Å²) < 4.78 is 5.28. The van der Waals surface area contributed by atoms with Crippen molar-refractivity contribution in [3.05, 3.63) is 35.9 Å². The molecule has 1 aliphatic rings. The minimum atomic E-state index is 0.0787. The molecular formula is C16H24N2O3. The highest BCUT2D eigenvalue weighted by Gasteiger charge is 2.19. The highest BCUT2D eigenvalue weighted by molar-refractivity contribution is 5.97. The van der Waals surface area contributed by atoms with Crippen LogP contribution in [-0.2, 0) is 4.74 Å². The summed E-state index contributed by atoms with van der Waals surface area (Å²) in [5.41, 5.74) is 0.789. The minimum absolute atomic E-state index is 0.0787. The number of carbonyl (C=O) groups is 1. The number of piperazine rings is 1. The molecule has 0 aromatic heterocycles. The normalized spacial score (nSPS) is 17.0. The van der Waals surface area contributed by atoms with E-state index in [2.05, 4.69) is 9.80 Å². The van der Waals surface area contributed by atoms with Crippen molar-refractivity contribution in [3.8, 4) is 0 Å². The molecule has 0 spiro atoms. The molecule has 0 atom stereocenters. The highest BCUT2D eigenvalue weighted by atomic mass is 16.5. The number of nitrogens with zero attached hydrogens (tertiary/aromatic N) is 2. The van der Waals surface area contributed by atoms with Crippen LogP contribution < -0.4 is 0 Å². The van der Waals surface area contributed by atoms with Crippen LogP contribution in [0.5, 0.6) is 0 Å². The third-order valence-electron chi connectivity index (χ3n) is 3.72. The summed E-state index contributed by atoms with van der Waals surface area (Å²) in [6.45, 7) is 6.29. The van der Waals surface area contributed by atoms with Gasteiger partial charge in [0, 0.05) is 38.3 Å². The zero-order valence-electron chi connectivity index (χ0n) is 12.4. The molecule has 0 unspecified atom stereocenters. The van der Waals surface area contributed by atoms with Gasteiger partial charge in [0.25, 0.3) is 0 Å². The largest absolute Gasteiger partial charge is 0.394 e. The van der Waals surface area contributed by atoms with Gasteiger partial charge in [0.05, 0.1) is 26.4 Å². The van der Waals surface area contributed by atoms with E-state index < -0.39 is 0 Å². The average Bonchev–Trinajstić information content (AvgIpc) is 2.54. The van der Waals surface area contributed by atoms with Gasteiger partial charge in [-0.1, -0.05) is 30.3 Å². The number of aliphatic hydroxyl groups is 1. The molecule has 1 fully saturated rings. The summed E-state index contributed by atoms with van der Waals surface area (Å²) in [6, 6.07) is 9.47. The Kier molecular flexibility index (Phi) is 6.82. The van der Waals surface area contributed by atoms with Gasteiger partial charge in [-0.15, -0.1) is 0 Å². The number of benzene rings is 1. The van der Waals surface area contributed by atoms with Crippen molar-refractivity contribution >= 4 is 5.78 Å². The first-order valence-electron chi connectivity index (χ1n) is 7.51. The molecule has 5 nitrogen and oxygen atoms in total. The van der Waals surface area contributed by atoms with Crippen molar-refractivity contribution < 1.29 is 14.6 Å². The fourth-order valence-electron chi connectivity index (χ4n) is 2.45. The molecule has 1 aliphatic heterocycles. The predicted octanol–water partition coefficient (Wildman–Crippen LogP) is 0.496. The van der Waals surface area contributed by atoms with Gasteiger partial charge < -0.3 is 9.84 Å². The second-order valence-corrected chi connectivity index (χ2v) is 5.24. The molecule has 1 saturated heterocycles. The SMILES string of the molecule is O=C(CN1CCN(CCOCCO)CC1)c1ccccc1. The lowest BCUT2D eigenvalue weighted by Gasteiger charge is -2.34. The molecule has 0 bridgehead atoms. The first-order chi connectivity index (χ1) is 10.3. The zero-order valence-corrected chi connectivity index (χ0v) is 12.4. The van der Waals surface area contributed by atoms with Gasteiger partial charge in [-0.2, -0.15) is 0 Å². The van der Waals surface area contributed by atoms with Crippen molar-refractivity contribution in [1.29, 1.82) is 0 Å². The molecule has 1 aromatic carbocycles. The van der Waals surface area contributed by atoms with Crippen molar-refractivity contribution in [2.24, 2.45) is 0 Å². The predicted molar refractivity (Wildman–Crippen MR) is 81.6 cm³/mol. The van der Waals surface area contributed by atoms with E-state index in [-0.39, 0.29) is 12.4 Å². The van der Waals surface area contributed by atoms with Crippen LogP contribution in [0.2, 0.25) is 0 Å². The quantitative estimate of drug-likeness (QED) is 0.558. The molecule has 1 aromatic rings. The summed E-state index contributed by atoms with van der Waals surface area (Å²) in [6.07, 6.45) is 0. The van der Waals surface area contributed by atoms with Gasteiger partial charge in [0.1, 0.15) is 0 Å². The monoisotopic (exact) mass is 292 g/mol. The molecule has 0 aliphatic carbocycles. The van der Waals surface area contributed by atoms with Gasteiger partial charge in [0.15, 0.2) is 5.78 Å². The topological polar surface area (TPSA) is 53.0 Å². The Bertz CT molecular complexity index is 417. The number of carbonyl (C=O) groups excluding carboxylic acids is 1. The maximum Gasteiger partial charge on any atom is 0.176 e. The Morgan fingerprint density at radius 2 is 1.71 bits per heavy atom. The van der Waals surface area contributed by atoms with E-state index in [4.69, 9.17) is 9.84 Å². The lowest BCUT2D eigenvalue weighted by molar-refractivity contribution is 0.0560. The summed E-state index contributed by atoms with van der Waals surface area (Å²) in [7, 11) is 0. The number of hydrogen-bond acceptors (Lipinski definition) is 5. The van der Waals surface area contributed by atoms with E-state index in [0.29, 0.717) is 19.8 Å². The second-order valence-electron chi connectivity index (χ2n) is 5.24. The standard InChI is InChI=1S/C16H24N2O3/c19-11-13-21-12-10-17-6-8-18(9-7-17)14-16(20)15-4-2-1-3-5-15/h1-5,19H,6-14H2. The third kappa shape index (κ3) is 5.55. The number of ether oxygens (including phenoxy) is 1. The first-order valence-corrected chi connectivity index (χ1v) is 7.51. The van der Waals surface area contributed by atoms with Gasteiger partial charge in [-0.3, -0.25) is 14.6 Å². The molecule has 1 heterocycles. The summed E-state index contributed by atoms with van der Waals surface area (Å²) in [4.78, 5) is 16.7. The van der Waals surface area contributed by atoms with Gasteiger partial charge in [-0.25, -0.2) is 0 Å². The van der Waals surface area contributed by atoms with Gasteiger partial charge in [0.2, 0.25) is 0 Å². The fourth-order valence-corrected chi connectivity index (χ4v) is 2.45. The minimum Gasteiger partial charge on any atom is -0.394 e. The maximum absolute atomic E-state index is 12.1. The fraction of sp³-hybridized carbons (Fsp3) is 0.562. The summed E-state index contributed by atoms with van der Waals surface area (Å²) in [5.74, 6) is 0.190. The number of Topliss-reactive ketones (excluding diaryl/α,β-unsaturated/α-hetero) is 1. The van der Waals surface area contributed by atoms with Crippen molar-refractivity contribution in [1.82, 2.24) is 9.80 Å². The van der Waals surface area contributed by atoms with E-state index >= 15 is 0 Å². The van der Waals surface area contributed by atoms with Crippen LogP contribution in [0.3, 0.4) is 0 Å². The lowest BCUT2D eigenvalue weighted by atomic mass is 10.1. The zero-order chi connectivity index (χ0) is 14.9. The first kappa shape index (κ1) is 16.1. The van der Waals surface area contributed by atoms with Crippen LogP contribution in [0.15, 0.2) is 30.3 Å². The second kappa shape index (κ2) is 8.89. The average molecular weight is 292 g/mol. The van der Waals surface area contributed by atoms with Gasteiger partial charge >= 0.3 is 0 Å². The number of hydrogen-bond donors (Lipinski definition) is 1. The molecule has 2 rings (SSSR count). The van der Waals surface area contributed by atoms with Crippen LogP contribution in [0.25, 0.3) is 0 Å². The molecule has 116 valence electrons. The molecule has 21 heavy (non-hydrogen) atoms. The third-order valence-corrected chi connectivity index (χ3v) is 3.72. The van der Waals surface area contributed by atoms with Crippen molar-refractivity contribution in [2.75, 3.05) is 59.1 Å². The van der Waals surface area contributed by atoms with Crippen molar-refractivity contribution in [3.63, 3.8) is 0 Å². The number of aliphatic hydroxyl groups excluding tert-OH is 1. The van der Waals surface area contributed by atoms with E-state index in [9.17, 15) is 4.79 Å². The van der Waals surface area contributed by atoms with Crippen LogP contribution in [0, 0.1) is 0 Å². The van der Waals surface area contributed by atoms with Crippen LogP contribution in [-0.4, -0.2) is 79.8 Å². The van der Waals surface area contributed by atoms with E-state index in [1.165, 1.54) is 0 Å². The van der Waals surface area contributed by atoms with E-state index in [1.807, 2.05) is 30.3 Å². The van der Waals surface area contributed by atoms with E-state index in [1.54, 1.807) is 0 Å².